The molecule has 5 nitrogen and oxygen atoms in total. The van der Waals surface area contributed by atoms with Crippen molar-refractivity contribution in [1.82, 2.24) is 9.55 Å². The van der Waals surface area contributed by atoms with Crippen LogP contribution in [-0.4, -0.2) is 15.5 Å². The van der Waals surface area contributed by atoms with Crippen LogP contribution in [0.1, 0.15) is 18.5 Å². The maximum absolute atomic E-state index is 12.8. The molecular weight excluding hydrogens is 370 g/mol. The number of nitrogens with one attached hydrogen (secondary N) is 1. The second kappa shape index (κ2) is 7.40. The zero-order valence-electron chi connectivity index (χ0n) is 15.5. The fourth-order valence-electron chi connectivity index (χ4n) is 3.27. The van der Waals surface area contributed by atoms with E-state index < -0.39 is 6.04 Å². The average molecular weight is 389 g/mol. The lowest BCUT2D eigenvalue weighted by Gasteiger charge is -2.18. The van der Waals surface area contributed by atoms with Gasteiger partial charge in [0.1, 0.15) is 6.04 Å². The number of fused-ring (bicyclic) bond motifs is 1. The van der Waals surface area contributed by atoms with Gasteiger partial charge in [-0.1, -0.05) is 48.5 Å². The fraction of sp³-hybridized carbons (Fsp3) is 0.136. The Balaban J connectivity index is 1.63. The van der Waals surface area contributed by atoms with Gasteiger partial charge in [0.25, 0.3) is 5.56 Å². The number of anilines is 1. The number of benzene rings is 2. The Morgan fingerprint density at radius 2 is 1.82 bits per heavy atom. The van der Waals surface area contributed by atoms with Crippen LogP contribution in [0.15, 0.2) is 70.8 Å². The summed E-state index contributed by atoms with van der Waals surface area (Å²) in [6, 6.07) is 18.3. The van der Waals surface area contributed by atoms with Crippen LogP contribution in [0, 0.1) is 6.92 Å². The molecule has 2 heterocycles. The van der Waals surface area contributed by atoms with Gasteiger partial charge in [0.05, 0.1) is 11.2 Å². The zero-order valence-corrected chi connectivity index (χ0v) is 16.4. The maximum Gasteiger partial charge on any atom is 0.252 e. The number of thiazole rings is 1. The highest BCUT2D eigenvalue weighted by atomic mass is 32.1. The van der Waals surface area contributed by atoms with Gasteiger partial charge in [-0.25, -0.2) is 4.98 Å². The van der Waals surface area contributed by atoms with E-state index in [-0.39, 0.29) is 11.5 Å². The molecule has 0 radical (unpaired) electrons. The summed E-state index contributed by atoms with van der Waals surface area (Å²) in [5.41, 5.74) is 3.26. The molecule has 140 valence electrons. The molecule has 0 aliphatic rings. The average Bonchev–Trinajstić information content (AvgIpc) is 3.17. The minimum absolute atomic E-state index is 0.192. The number of hydrogen-bond acceptors (Lipinski definition) is 4. The third kappa shape index (κ3) is 3.34. The van der Waals surface area contributed by atoms with Gasteiger partial charge in [-0.2, -0.15) is 0 Å². The first kappa shape index (κ1) is 18.1. The van der Waals surface area contributed by atoms with Gasteiger partial charge in [0.2, 0.25) is 5.91 Å². The highest BCUT2D eigenvalue weighted by Gasteiger charge is 2.20. The van der Waals surface area contributed by atoms with Crippen LogP contribution in [0.25, 0.3) is 22.2 Å². The summed E-state index contributed by atoms with van der Waals surface area (Å²) >= 11 is 1.37. The quantitative estimate of drug-likeness (QED) is 0.553. The highest BCUT2D eigenvalue weighted by molar-refractivity contribution is 7.14. The Kier molecular flexibility index (Phi) is 4.79. The Morgan fingerprint density at radius 3 is 2.61 bits per heavy atom. The van der Waals surface area contributed by atoms with Crippen LogP contribution < -0.4 is 10.9 Å². The Labute approximate surface area is 166 Å². The summed E-state index contributed by atoms with van der Waals surface area (Å²) in [6.07, 6.45) is 0. The lowest BCUT2D eigenvalue weighted by atomic mass is 10.1. The Hall–Kier alpha value is -3.25. The predicted molar refractivity (Wildman–Crippen MR) is 114 cm³/mol. The number of nitrogens with zero attached hydrogens (tertiary/aromatic N) is 2. The molecule has 1 unspecified atom stereocenters. The number of hydrogen-bond donors (Lipinski definition) is 1. The molecule has 1 N–H and O–H groups in total. The minimum Gasteiger partial charge on any atom is -0.300 e. The van der Waals surface area contributed by atoms with E-state index in [9.17, 15) is 9.59 Å². The molecule has 0 saturated carbocycles. The van der Waals surface area contributed by atoms with Gasteiger partial charge in [-0.05, 0) is 25.5 Å². The van der Waals surface area contributed by atoms with Crippen molar-refractivity contribution in [3.05, 3.63) is 82.0 Å². The van der Waals surface area contributed by atoms with Gasteiger partial charge in [0, 0.05) is 22.4 Å². The predicted octanol–water partition coefficient (Wildman–Crippen LogP) is 4.63. The standard InChI is InChI=1S/C22H19N3O2S/c1-14-12-20(26)25(19-11-7-6-10-17(14)19)15(2)21(27)24-22-23-18(13-28-22)16-8-4-3-5-9-16/h3-13,15H,1-2H3,(H,23,24,27). The first-order chi connectivity index (χ1) is 13.5. The molecule has 2 aromatic carbocycles. The van der Waals surface area contributed by atoms with Crippen molar-refractivity contribution < 1.29 is 4.79 Å². The normalized spacial score (nSPS) is 12.1. The molecular formula is C22H19N3O2S. The van der Waals surface area contributed by atoms with Crippen LogP contribution in [0.5, 0.6) is 0 Å². The van der Waals surface area contributed by atoms with E-state index in [1.54, 1.807) is 13.0 Å². The summed E-state index contributed by atoms with van der Waals surface area (Å²) in [6.45, 7) is 3.63. The number of amides is 1. The van der Waals surface area contributed by atoms with Gasteiger partial charge in [-0.15, -0.1) is 11.3 Å². The molecule has 6 heteroatoms. The number of para-hydroxylation sites is 1. The van der Waals surface area contributed by atoms with Crippen molar-refractivity contribution in [2.24, 2.45) is 0 Å². The lowest BCUT2D eigenvalue weighted by Crippen LogP contribution is -2.31. The number of carbonyl (C=O) groups is 1. The van der Waals surface area contributed by atoms with E-state index in [0.29, 0.717) is 5.13 Å². The molecule has 1 amide bonds. The first-order valence-electron chi connectivity index (χ1n) is 8.97. The van der Waals surface area contributed by atoms with E-state index in [2.05, 4.69) is 10.3 Å². The van der Waals surface area contributed by atoms with Crippen LogP contribution >= 0.6 is 11.3 Å². The molecule has 0 aliphatic carbocycles. The topological polar surface area (TPSA) is 64.0 Å². The maximum atomic E-state index is 12.8. The molecule has 1 atom stereocenters. The van der Waals surface area contributed by atoms with Gasteiger partial charge in [0.15, 0.2) is 5.13 Å². The van der Waals surface area contributed by atoms with Gasteiger partial charge < -0.3 is 5.32 Å². The van der Waals surface area contributed by atoms with E-state index in [0.717, 1.165) is 27.7 Å². The lowest BCUT2D eigenvalue weighted by molar-refractivity contribution is -0.118. The van der Waals surface area contributed by atoms with E-state index in [1.807, 2.05) is 66.9 Å². The number of rotatable bonds is 4. The van der Waals surface area contributed by atoms with Crippen LogP contribution in [-0.2, 0) is 4.79 Å². The molecule has 4 aromatic rings. The molecule has 0 bridgehead atoms. The molecule has 4 rings (SSSR count). The van der Waals surface area contributed by atoms with E-state index in [1.165, 1.54) is 15.9 Å². The zero-order chi connectivity index (χ0) is 19.7. The van der Waals surface area contributed by atoms with Crippen LogP contribution in [0.4, 0.5) is 5.13 Å². The highest BCUT2D eigenvalue weighted by Crippen LogP contribution is 2.26. The van der Waals surface area contributed by atoms with Crippen molar-refractivity contribution in [2.75, 3.05) is 5.32 Å². The number of aryl methyl sites for hydroxylation is 1. The number of carbonyl (C=O) groups excluding carboxylic acids is 1. The summed E-state index contributed by atoms with van der Waals surface area (Å²) in [7, 11) is 0. The second-order valence-electron chi connectivity index (χ2n) is 6.62. The smallest absolute Gasteiger partial charge is 0.252 e. The number of pyridine rings is 1. The van der Waals surface area contributed by atoms with Gasteiger partial charge in [-0.3, -0.25) is 14.2 Å². The van der Waals surface area contributed by atoms with Crippen LogP contribution in [0.3, 0.4) is 0 Å². The summed E-state index contributed by atoms with van der Waals surface area (Å²) in [4.78, 5) is 29.9. The molecule has 0 spiro atoms. The van der Waals surface area contributed by atoms with Crippen molar-refractivity contribution in [3.63, 3.8) is 0 Å². The third-order valence-corrected chi connectivity index (χ3v) is 5.49. The Morgan fingerprint density at radius 1 is 1.11 bits per heavy atom. The molecule has 0 fully saturated rings. The summed E-state index contributed by atoms with van der Waals surface area (Å²) in [5.74, 6) is -0.273. The molecule has 2 aromatic heterocycles. The van der Waals surface area contributed by atoms with Crippen molar-refractivity contribution in [3.8, 4) is 11.3 Å². The fourth-order valence-corrected chi connectivity index (χ4v) is 3.99. The largest absolute Gasteiger partial charge is 0.300 e. The summed E-state index contributed by atoms with van der Waals surface area (Å²) in [5, 5.41) is 6.23. The summed E-state index contributed by atoms with van der Waals surface area (Å²) < 4.78 is 1.53. The van der Waals surface area contributed by atoms with E-state index in [4.69, 9.17) is 0 Å². The monoisotopic (exact) mass is 389 g/mol. The van der Waals surface area contributed by atoms with Crippen molar-refractivity contribution in [2.45, 2.75) is 19.9 Å². The SMILES string of the molecule is Cc1cc(=O)n(C(C)C(=O)Nc2nc(-c3ccccc3)cs2)c2ccccc12. The van der Waals surface area contributed by atoms with Gasteiger partial charge >= 0.3 is 0 Å². The van der Waals surface area contributed by atoms with Crippen molar-refractivity contribution >= 4 is 33.3 Å². The second-order valence-corrected chi connectivity index (χ2v) is 7.48. The van der Waals surface area contributed by atoms with Crippen molar-refractivity contribution in [1.29, 1.82) is 0 Å². The van der Waals surface area contributed by atoms with E-state index >= 15 is 0 Å². The molecule has 0 aliphatic heterocycles. The molecule has 0 saturated heterocycles. The number of aromatic nitrogens is 2. The molecule has 28 heavy (non-hydrogen) atoms. The third-order valence-electron chi connectivity index (χ3n) is 4.74. The van der Waals surface area contributed by atoms with Crippen LogP contribution in [0.2, 0.25) is 0 Å². The Bertz CT molecular complexity index is 1210. The first-order valence-corrected chi connectivity index (χ1v) is 9.85. The minimum atomic E-state index is -0.665.